The van der Waals surface area contributed by atoms with E-state index in [1.165, 1.54) is 19.3 Å². The Hall–Kier alpha value is -0.910. The summed E-state index contributed by atoms with van der Waals surface area (Å²) < 4.78 is 1.77. The van der Waals surface area contributed by atoms with Gasteiger partial charge >= 0.3 is 0 Å². The number of aliphatic hydroxyl groups is 1. The van der Waals surface area contributed by atoms with E-state index in [9.17, 15) is 5.11 Å². The normalized spacial score (nSPS) is 19.8. The third kappa shape index (κ3) is 3.54. The molecule has 1 aliphatic carbocycles. The van der Waals surface area contributed by atoms with Crippen molar-refractivity contribution in [3.63, 3.8) is 0 Å². The highest BCUT2D eigenvalue weighted by Gasteiger charge is 2.37. The molecule has 2 rings (SSSR count). The van der Waals surface area contributed by atoms with Gasteiger partial charge in [0.1, 0.15) is 0 Å². The smallest absolute Gasteiger partial charge is 0.0860 e. The van der Waals surface area contributed by atoms with Crippen LogP contribution in [0, 0.1) is 0 Å². The van der Waals surface area contributed by atoms with Gasteiger partial charge in [0.05, 0.1) is 12.6 Å². The molecule has 1 saturated carbocycles. The third-order valence-electron chi connectivity index (χ3n) is 3.60. The highest BCUT2D eigenvalue weighted by Crippen LogP contribution is 2.32. The molecule has 1 aromatic heterocycles. The van der Waals surface area contributed by atoms with Crippen LogP contribution in [0.2, 0.25) is 0 Å². The molecule has 0 amide bonds. The Labute approximate surface area is 109 Å². The maximum Gasteiger partial charge on any atom is 0.0860 e. The van der Waals surface area contributed by atoms with Crippen molar-refractivity contribution in [2.45, 2.75) is 37.5 Å². The second kappa shape index (κ2) is 5.82. The van der Waals surface area contributed by atoms with Gasteiger partial charge in [0, 0.05) is 31.0 Å². The number of likely N-dealkylation sites (N-methyl/N-ethyl adjacent to an activating group) is 1. The molecule has 0 aromatic carbocycles. The van der Waals surface area contributed by atoms with Crippen LogP contribution >= 0.6 is 0 Å². The number of nitrogens with one attached hydrogen (secondary N) is 1. The number of β-amino-alcohol motifs (C(OH)–C–C–N with tert-alkyl or cyclic N) is 1. The minimum Gasteiger partial charge on any atom is -0.390 e. The Bertz CT molecular complexity index is 346. The van der Waals surface area contributed by atoms with Gasteiger partial charge in [-0.15, -0.1) is 0 Å². The summed E-state index contributed by atoms with van der Waals surface area (Å²) in [6.45, 7) is 2.23. The summed E-state index contributed by atoms with van der Waals surface area (Å²) in [6.07, 6.45) is 6.93. The van der Waals surface area contributed by atoms with Crippen LogP contribution in [0.4, 0.5) is 0 Å². The Kier molecular flexibility index (Phi) is 4.37. The van der Waals surface area contributed by atoms with Gasteiger partial charge in [-0.3, -0.25) is 4.68 Å². The summed E-state index contributed by atoms with van der Waals surface area (Å²) in [6, 6.07) is 1.87. The van der Waals surface area contributed by atoms with Gasteiger partial charge in [0.2, 0.25) is 0 Å². The molecule has 102 valence electrons. The molecule has 0 bridgehead atoms. The first-order valence-electron chi connectivity index (χ1n) is 6.65. The molecular weight excluding hydrogens is 228 g/mol. The molecule has 18 heavy (non-hydrogen) atoms. The maximum absolute atomic E-state index is 10.0. The highest BCUT2D eigenvalue weighted by atomic mass is 16.3. The second-order valence-electron chi connectivity index (χ2n) is 5.63. The van der Waals surface area contributed by atoms with Crippen molar-refractivity contribution < 1.29 is 5.11 Å². The zero-order chi connectivity index (χ0) is 13.0. The average Bonchev–Trinajstić information content (AvgIpc) is 2.74. The van der Waals surface area contributed by atoms with E-state index in [4.69, 9.17) is 0 Å². The lowest BCUT2D eigenvalue weighted by atomic mass is 9.76. The summed E-state index contributed by atoms with van der Waals surface area (Å²) in [4.78, 5) is 2.21. The maximum atomic E-state index is 10.0. The topological polar surface area (TPSA) is 53.3 Å². The quantitative estimate of drug-likeness (QED) is 0.734. The van der Waals surface area contributed by atoms with Crippen LogP contribution in [-0.4, -0.2) is 58.6 Å². The molecule has 0 aliphatic heterocycles. The molecule has 0 radical (unpaired) electrons. The summed E-state index contributed by atoms with van der Waals surface area (Å²) in [7, 11) is 4.20. The summed E-state index contributed by atoms with van der Waals surface area (Å²) in [5.41, 5.74) is 0.217. The lowest BCUT2D eigenvalue weighted by Crippen LogP contribution is -2.58. The monoisotopic (exact) mass is 252 g/mol. The third-order valence-corrected chi connectivity index (χ3v) is 3.60. The molecule has 2 N–H and O–H groups in total. The minimum absolute atomic E-state index is 0.217. The molecule has 5 nitrogen and oxygen atoms in total. The van der Waals surface area contributed by atoms with Crippen LogP contribution in [0.1, 0.15) is 19.3 Å². The van der Waals surface area contributed by atoms with E-state index < -0.39 is 0 Å². The van der Waals surface area contributed by atoms with Gasteiger partial charge in [-0.1, -0.05) is 0 Å². The minimum atomic E-state index is -0.385. The summed E-state index contributed by atoms with van der Waals surface area (Å²) >= 11 is 0. The molecule has 0 spiro atoms. The van der Waals surface area contributed by atoms with Crippen molar-refractivity contribution in [3.8, 4) is 0 Å². The van der Waals surface area contributed by atoms with Crippen molar-refractivity contribution in [1.82, 2.24) is 20.0 Å². The van der Waals surface area contributed by atoms with Crippen LogP contribution in [-0.2, 0) is 6.54 Å². The summed E-state index contributed by atoms with van der Waals surface area (Å²) in [5, 5.41) is 17.6. The van der Waals surface area contributed by atoms with E-state index in [0.29, 0.717) is 13.1 Å². The van der Waals surface area contributed by atoms with Crippen LogP contribution in [0.5, 0.6) is 0 Å². The SMILES string of the molecule is CN(C)CC1(NCC(O)Cn2cccn2)CCC1. The van der Waals surface area contributed by atoms with Crippen LogP contribution < -0.4 is 5.32 Å². The summed E-state index contributed by atoms with van der Waals surface area (Å²) in [5.74, 6) is 0. The first-order valence-corrected chi connectivity index (χ1v) is 6.65. The van der Waals surface area contributed by atoms with Crippen LogP contribution in [0.15, 0.2) is 18.5 Å². The highest BCUT2D eigenvalue weighted by molar-refractivity contribution is 4.98. The van der Waals surface area contributed by atoms with E-state index >= 15 is 0 Å². The molecule has 1 fully saturated rings. The van der Waals surface area contributed by atoms with Crippen molar-refractivity contribution >= 4 is 0 Å². The number of hydrogen-bond donors (Lipinski definition) is 2. The molecule has 1 aliphatic rings. The van der Waals surface area contributed by atoms with Crippen molar-refractivity contribution in [2.24, 2.45) is 0 Å². The van der Waals surface area contributed by atoms with E-state index in [-0.39, 0.29) is 11.6 Å². The largest absolute Gasteiger partial charge is 0.390 e. The Morgan fingerprint density at radius 1 is 1.50 bits per heavy atom. The Morgan fingerprint density at radius 2 is 2.28 bits per heavy atom. The first kappa shape index (κ1) is 13.5. The average molecular weight is 252 g/mol. The van der Waals surface area contributed by atoms with Gasteiger partial charge in [-0.25, -0.2) is 0 Å². The molecule has 1 heterocycles. The fourth-order valence-corrected chi connectivity index (χ4v) is 2.62. The van der Waals surface area contributed by atoms with Gasteiger partial charge < -0.3 is 15.3 Å². The van der Waals surface area contributed by atoms with Gasteiger partial charge in [-0.05, 0) is 39.4 Å². The van der Waals surface area contributed by atoms with E-state index in [2.05, 4.69) is 29.4 Å². The number of nitrogens with zero attached hydrogens (tertiary/aromatic N) is 3. The molecule has 0 saturated heterocycles. The van der Waals surface area contributed by atoms with Crippen LogP contribution in [0.25, 0.3) is 0 Å². The first-order chi connectivity index (χ1) is 8.60. The molecule has 5 heteroatoms. The lowest BCUT2D eigenvalue weighted by Gasteiger charge is -2.45. The van der Waals surface area contributed by atoms with Crippen molar-refractivity contribution in [3.05, 3.63) is 18.5 Å². The van der Waals surface area contributed by atoms with Crippen molar-refractivity contribution in [2.75, 3.05) is 27.2 Å². The van der Waals surface area contributed by atoms with Crippen LogP contribution in [0.3, 0.4) is 0 Å². The second-order valence-corrected chi connectivity index (χ2v) is 5.63. The van der Waals surface area contributed by atoms with Gasteiger partial charge in [0.15, 0.2) is 0 Å². The van der Waals surface area contributed by atoms with Gasteiger partial charge in [0.25, 0.3) is 0 Å². The molecule has 1 atom stereocenters. The fourth-order valence-electron chi connectivity index (χ4n) is 2.62. The zero-order valence-corrected chi connectivity index (χ0v) is 11.3. The predicted octanol–water partition coefficient (Wildman–Crippen LogP) is 0.318. The standard InChI is InChI=1S/C13H24N4O/c1-16(2)11-13(5-3-6-13)14-9-12(18)10-17-8-4-7-15-17/h4,7-8,12,14,18H,3,5-6,9-11H2,1-2H3. The van der Waals surface area contributed by atoms with Crippen molar-refractivity contribution in [1.29, 1.82) is 0 Å². The molecule has 1 unspecified atom stereocenters. The van der Waals surface area contributed by atoms with E-state index in [1.54, 1.807) is 10.9 Å². The lowest BCUT2D eigenvalue weighted by molar-refractivity contribution is 0.0907. The van der Waals surface area contributed by atoms with Gasteiger partial charge in [-0.2, -0.15) is 5.10 Å². The zero-order valence-electron chi connectivity index (χ0n) is 11.3. The van der Waals surface area contributed by atoms with E-state index in [1.807, 2.05) is 12.3 Å². The number of aromatic nitrogens is 2. The Balaban J connectivity index is 1.75. The molecular formula is C13H24N4O. The van der Waals surface area contributed by atoms with E-state index in [0.717, 1.165) is 6.54 Å². The number of rotatable bonds is 7. The fraction of sp³-hybridized carbons (Fsp3) is 0.769. The number of hydrogen-bond acceptors (Lipinski definition) is 4. The predicted molar refractivity (Wildman–Crippen MR) is 71.4 cm³/mol. The Morgan fingerprint density at radius 3 is 2.78 bits per heavy atom. The number of aliphatic hydroxyl groups excluding tert-OH is 1. The molecule has 1 aromatic rings.